The number of rotatable bonds is 5. The van der Waals surface area contributed by atoms with Gasteiger partial charge in [-0.15, -0.1) is 0 Å². The first-order chi connectivity index (χ1) is 12.4. The normalized spacial score (nSPS) is 19.5. The highest BCUT2D eigenvalue weighted by Gasteiger charge is 2.38. The van der Waals surface area contributed by atoms with Crippen LogP contribution in [0.4, 0.5) is 0 Å². The maximum absolute atomic E-state index is 11.3. The molecule has 0 amide bonds. The van der Waals surface area contributed by atoms with Crippen molar-refractivity contribution in [1.82, 2.24) is 5.32 Å². The Balaban J connectivity index is 1.90. The van der Waals surface area contributed by atoms with Crippen molar-refractivity contribution in [3.05, 3.63) is 46.5 Å². The van der Waals surface area contributed by atoms with E-state index in [0.29, 0.717) is 5.75 Å². The second-order valence-corrected chi connectivity index (χ2v) is 8.25. The standard InChI is InChI=1S/C23H29NO2/c1-5-6-7-8-15-12-19-21(22(25)20(15)18-13-24-18)16-11-14(2)9-10-17(16)23(3,4)26-19/h9-12,18,24-25H,5-8,13H2,1-4H3. The fraction of sp³-hybridized carbons (Fsp3) is 0.478. The number of nitrogens with one attached hydrogen (secondary N) is 1. The molecule has 3 heteroatoms. The number of hydrogen-bond donors (Lipinski definition) is 2. The Morgan fingerprint density at radius 1 is 1.23 bits per heavy atom. The van der Waals surface area contributed by atoms with Crippen LogP contribution in [0, 0.1) is 6.92 Å². The number of hydrogen-bond acceptors (Lipinski definition) is 3. The minimum atomic E-state index is -0.400. The van der Waals surface area contributed by atoms with Crippen molar-refractivity contribution in [2.45, 2.75) is 65.0 Å². The Bertz CT molecular complexity index is 850. The highest BCUT2D eigenvalue weighted by Crippen LogP contribution is 2.53. The number of aromatic hydroxyl groups is 1. The SMILES string of the molecule is CCCCCc1cc2c(c(O)c1C1CN1)-c1cc(C)ccc1C(C)(C)O2. The first-order valence-electron chi connectivity index (χ1n) is 9.85. The molecule has 0 radical (unpaired) electrons. The molecule has 2 heterocycles. The van der Waals surface area contributed by atoms with E-state index in [2.05, 4.69) is 57.3 Å². The molecule has 2 aliphatic rings. The lowest BCUT2D eigenvalue weighted by Crippen LogP contribution is -2.29. The molecule has 1 unspecified atom stereocenters. The zero-order valence-corrected chi connectivity index (χ0v) is 16.3. The van der Waals surface area contributed by atoms with Gasteiger partial charge in [0.1, 0.15) is 17.1 Å². The first kappa shape index (κ1) is 17.4. The zero-order valence-electron chi connectivity index (χ0n) is 16.3. The molecule has 0 spiro atoms. The van der Waals surface area contributed by atoms with Crippen LogP contribution >= 0.6 is 0 Å². The second kappa shape index (κ2) is 6.31. The second-order valence-electron chi connectivity index (χ2n) is 8.25. The van der Waals surface area contributed by atoms with E-state index >= 15 is 0 Å². The minimum absolute atomic E-state index is 0.278. The maximum Gasteiger partial charge on any atom is 0.132 e. The van der Waals surface area contributed by atoms with E-state index in [0.717, 1.165) is 47.4 Å². The van der Waals surface area contributed by atoms with E-state index in [1.165, 1.54) is 24.0 Å². The van der Waals surface area contributed by atoms with Crippen LogP contribution in [0.5, 0.6) is 11.5 Å². The summed E-state index contributed by atoms with van der Waals surface area (Å²) >= 11 is 0. The van der Waals surface area contributed by atoms with Crippen molar-refractivity contribution in [2.24, 2.45) is 0 Å². The summed E-state index contributed by atoms with van der Waals surface area (Å²) in [7, 11) is 0. The van der Waals surface area contributed by atoms with Gasteiger partial charge in [0.15, 0.2) is 0 Å². The van der Waals surface area contributed by atoms with Gasteiger partial charge in [-0.25, -0.2) is 0 Å². The lowest BCUT2D eigenvalue weighted by atomic mass is 9.82. The van der Waals surface area contributed by atoms with Crippen LogP contribution in [0.15, 0.2) is 24.3 Å². The molecule has 4 rings (SSSR count). The summed E-state index contributed by atoms with van der Waals surface area (Å²) in [5, 5.41) is 14.7. The summed E-state index contributed by atoms with van der Waals surface area (Å²) in [6.45, 7) is 9.48. The van der Waals surface area contributed by atoms with E-state index in [1.54, 1.807) is 0 Å². The van der Waals surface area contributed by atoms with Crippen molar-refractivity contribution in [2.75, 3.05) is 6.54 Å². The molecule has 2 aromatic carbocycles. The molecule has 1 fully saturated rings. The monoisotopic (exact) mass is 351 g/mol. The van der Waals surface area contributed by atoms with Gasteiger partial charge in [-0.1, -0.05) is 43.5 Å². The third-order valence-electron chi connectivity index (χ3n) is 5.65. The molecule has 2 aliphatic heterocycles. The molecular weight excluding hydrogens is 322 g/mol. The van der Waals surface area contributed by atoms with Crippen molar-refractivity contribution < 1.29 is 9.84 Å². The summed E-state index contributed by atoms with van der Waals surface area (Å²) in [6.07, 6.45) is 4.55. The smallest absolute Gasteiger partial charge is 0.132 e. The summed E-state index contributed by atoms with van der Waals surface area (Å²) < 4.78 is 6.39. The Morgan fingerprint density at radius 3 is 2.69 bits per heavy atom. The number of phenols is 1. The van der Waals surface area contributed by atoms with Crippen molar-refractivity contribution in [3.63, 3.8) is 0 Å². The Labute approximate surface area is 156 Å². The molecule has 2 N–H and O–H groups in total. The molecule has 1 saturated heterocycles. The number of phenolic OH excluding ortho intramolecular Hbond substituents is 1. The van der Waals surface area contributed by atoms with Crippen LogP contribution < -0.4 is 10.1 Å². The largest absolute Gasteiger partial charge is 0.507 e. The summed E-state index contributed by atoms with van der Waals surface area (Å²) in [5.74, 6) is 1.23. The molecule has 138 valence electrons. The summed E-state index contributed by atoms with van der Waals surface area (Å²) in [5.41, 5.74) is 6.22. The number of benzene rings is 2. The van der Waals surface area contributed by atoms with Gasteiger partial charge in [0.25, 0.3) is 0 Å². The van der Waals surface area contributed by atoms with Gasteiger partial charge in [0.05, 0.1) is 5.56 Å². The molecule has 0 saturated carbocycles. The molecule has 2 aromatic rings. The third-order valence-corrected chi connectivity index (χ3v) is 5.65. The van der Waals surface area contributed by atoms with Crippen molar-refractivity contribution in [1.29, 1.82) is 0 Å². The van der Waals surface area contributed by atoms with Gasteiger partial charge >= 0.3 is 0 Å². The van der Waals surface area contributed by atoms with Crippen molar-refractivity contribution in [3.8, 4) is 22.6 Å². The molecule has 0 aliphatic carbocycles. The van der Waals surface area contributed by atoms with Gasteiger partial charge < -0.3 is 15.2 Å². The van der Waals surface area contributed by atoms with Crippen LogP contribution in [-0.2, 0) is 12.0 Å². The Kier molecular flexibility index (Phi) is 4.23. The van der Waals surface area contributed by atoms with Gasteiger partial charge in [-0.3, -0.25) is 0 Å². The maximum atomic E-state index is 11.3. The van der Waals surface area contributed by atoms with Gasteiger partial charge in [0, 0.05) is 23.7 Å². The fourth-order valence-electron chi connectivity index (χ4n) is 4.20. The highest BCUT2D eigenvalue weighted by molar-refractivity contribution is 5.84. The number of aryl methyl sites for hydroxylation is 2. The molecule has 3 nitrogen and oxygen atoms in total. The van der Waals surface area contributed by atoms with Crippen LogP contribution in [0.2, 0.25) is 0 Å². The van der Waals surface area contributed by atoms with Gasteiger partial charge in [-0.2, -0.15) is 0 Å². The molecule has 0 bridgehead atoms. The fourth-order valence-corrected chi connectivity index (χ4v) is 4.20. The molecule has 26 heavy (non-hydrogen) atoms. The summed E-state index contributed by atoms with van der Waals surface area (Å²) in [6, 6.07) is 8.90. The van der Waals surface area contributed by atoms with Gasteiger partial charge in [-0.05, 0) is 50.8 Å². The first-order valence-corrected chi connectivity index (χ1v) is 9.85. The zero-order chi connectivity index (χ0) is 18.5. The average molecular weight is 351 g/mol. The number of ether oxygens (including phenoxy) is 1. The minimum Gasteiger partial charge on any atom is -0.507 e. The molecular formula is C23H29NO2. The van der Waals surface area contributed by atoms with Crippen LogP contribution in [-0.4, -0.2) is 11.7 Å². The van der Waals surface area contributed by atoms with E-state index in [9.17, 15) is 5.11 Å². The van der Waals surface area contributed by atoms with E-state index in [-0.39, 0.29) is 6.04 Å². The van der Waals surface area contributed by atoms with Gasteiger partial charge in [0.2, 0.25) is 0 Å². The Morgan fingerprint density at radius 2 is 2.00 bits per heavy atom. The third kappa shape index (κ3) is 2.88. The Hall–Kier alpha value is -2.00. The topological polar surface area (TPSA) is 51.4 Å². The van der Waals surface area contributed by atoms with E-state index < -0.39 is 5.60 Å². The lowest BCUT2D eigenvalue weighted by Gasteiger charge is -2.36. The van der Waals surface area contributed by atoms with Crippen molar-refractivity contribution >= 4 is 0 Å². The number of unbranched alkanes of at least 4 members (excludes halogenated alkanes) is 2. The predicted octanol–water partition coefficient (Wildman–Crippen LogP) is 5.37. The average Bonchev–Trinajstić information content (AvgIpc) is 3.38. The van der Waals surface area contributed by atoms with Crippen LogP contribution in [0.1, 0.15) is 68.3 Å². The summed E-state index contributed by atoms with van der Waals surface area (Å²) in [4.78, 5) is 0. The van der Waals surface area contributed by atoms with Crippen LogP contribution in [0.3, 0.4) is 0 Å². The quantitative estimate of drug-likeness (QED) is 0.562. The van der Waals surface area contributed by atoms with Crippen LogP contribution in [0.25, 0.3) is 11.1 Å². The number of fused-ring (bicyclic) bond motifs is 3. The molecule has 0 aromatic heterocycles. The van der Waals surface area contributed by atoms with E-state index in [1.807, 2.05) is 0 Å². The van der Waals surface area contributed by atoms with E-state index in [4.69, 9.17) is 4.74 Å². The predicted molar refractivity (Wildman–Crippen MR) is 106 cm³/mol. The highest BCUT2D eigenvalue weighted by atomic mass is 16.5. The molecule has 1 atom stereocenters. The lowest BCUT2D eigenvalue weighted by molar-refractivity contribution is 0.105.